The Morgan fingerprint density at radius 1 is 1.00 bits per heavy atom. The van der Waals surface area contributed by atoms with Crippen molar-refractivity contribution >= 4 is 11.8 Å². The molecule has 1 aliphatic heterocycles. The molecule has 0 radical (unpaired) electrons. The Hall–Kier alpha value is -1.64. The van der Waals surface area contributed by atoms with Gasteiger partial charge >= 0.3 is 0 Å². The predicted octanol–water partition coefficient (Wildman–Crippen LogP) is 3.25. The fourth-order valence-electron chi connectivity index (χ4n) is 3.41. The lowest BCUT2D eigenvalue weighted by molar-refractivity contribution is 0.0520. The predicted molar refractivity (Wildman–Crippen MR) is 73.0 cm³/mol. The van der Waals surface area contributed by atoms with E-state index in [2.05, 4.69) is 0 Å². The van der Waals surface area contributed by atoms with Gasteiger partial charge in [-0.15, -0.1) is 0 Å². The molecule has 2 amide bonds. The van der Waals surface area contributed by atoms with E-state index in [-0.39, 0.29) is 17.9 Å². The highest BCUT2D eigenvalue weighted by atomic mass is 16.2. The number of hydrogen-bond donors (Lipinski definition) is 0. The second-order valence-electron chi connectivity index (χ2n) is 5.66. The summed E-state index contributed by atoms with van der Waals surface area (Å²) in [5, 5.41) is 0. The molecule has 3 heteroatoms. The van der Waals surface area contributed by atoms with E-state index < -0.39 is 0 Å². The minimum atomic E-state index is -0.112. The van der Waals surface area contributed by atoms with Crippen LogP contribution in [-0.4, -0.2) is 22.8 Å². The summed E-state index contributed by atoms with van der Waals surface area (Å²) in [5.41, 5.74) is 1.13. The van der Waals surface area contributed by atoms with Crippen LogP contribution in [0.2, 0.25) is 0 Å². The maximum Gasteiger partial charge on any atom is 0.261 e. The minimum Gasteiger partial charge on any atom is -0.271 e. The Labute approximate surface area is 113 Å². The SMILES string of the molecule is C[C@@H](C1CCCCC1)N1C(=O)c2ccccc2C1=O. The molecule has 0 aromatic heterocycles. The van der Waals surface area contributed by atoms with Crippen molar-refractivity contribution in [2.45, 2.75) is 45.1 Å². The molecule has 3 nitrogen and oxygen atoms in total. The molecule has 1 aromatic carbocycles. The Kier molecular flexibility index (Phi) is 3.13. The molecule has 1 fully saturated rings. The van der Waals surface area contributed by atoms with Crippen LogP contribution in [0.5, 0.6) is 0 Å². The summed E-state index contributed by atoms with van der Waals surface area (Å²) in [5.74, 6) is 0.244. The van der Waals surface area contributed by atoms with Gasteiger partial charge in [-0.3, -0.25) is 14.5 Å². The number of benzene rings is 1. The van der Waals surface area contributed by atoms with E-state index in [0.29, 0.717) is 17.0 Å². The van der Waals surface area contributed by atoms with E-state index in [9.17, 15) is 9.59 Å². The van der Waals surface area contributed by atoms with E-state index >= 15 is 0 Å². The molecule has 1 aliphatic carbocycles. The first-order valence-corrected chi connectivity index (χ1v) is 7.17. The van der Waals surface area contributed by atoms with Crippen molar-refractivity contribution in [1.29, 1.82) is 0 Å². The lowest BCUT2D eigenvalue weighted by atomic mass is 9.84. The molecule has 1 heterocycles. The van der Waals surface area contributed by atoms with Crippen LogP contribution in [0.1, 0.15) is 59.7 Å². The fourth-order valence-corrected chi connectivity index (χ4v) is 3.41. The van der Waals surface area contributed by atoms with Crippen LogP contribution in [0.4, 0.5) is 0 Å². The highest BCUT2D eigenvalue weighted by molar-refractivity contribution is 6.21. The van der Waals surface area contributed by atoms with Crippen LogP contribution in [-0.2, 0) is 0 Å². The van der Waals surface area contributed by atoms with Crippen molar-refractivity contribution in [1.82, 2.24) is 4.90 Å². The van der Waals surface area contributed by atoms with Gasteiger partial charge in [-0.05, 0) is 37.8 Å². The third-order valence-electron chi connectivity index (χ3n) is 4.56. The maximum absolute atomic E-state index is 12.4. The van der Waals surface area contributed by atoms with Gasteiger partial charge in [0.05, 0.1) is 11.1 Å². The van der Waals surface area contributed by atoms with E-state index in [1.165, 1.54) is 24.2 Å². The van der Waals surface area contributed by atoms with E-state index in [4.69, 9.17) is 0 Å². The third-order valence-corrected chi connectivity index (χ3v) is 4.56. The topological polar surface area (TPSA) is 37.4 Å². The van der Waals surface area contributed by atoms with E-state index in [0.717, 1.165) is 12.8 Å². The number of amides is 2. The molecule has 3 rings (SSSR count). The zero-order valence-electron chi connectivity index (χ0n) is 11.3. The lowest BCUT2D eigenvalue weighted by Crippen LogP contribution is -2.43. The number of imide groups is 1. The number of fused-ring (bicyclic) bond motifs is 1. The molecule has 0 N–H and O–H groups in total. The van der Waals surface area contributed by atoms with Crippen molar-refractivity contribution in [2.75, 3.05) is 0 Å². The van der Waals surface area contributed by atoms with Gasteiger partial charge in [0.2, 0.25) is 0 Å². The summed E-state index contributed by atoms with van der Waals surface area (Å²) in [6.45, 7) is 2.03. The molecule has 19 heavy (non-hydrogen) atoms. The standard InChI is InChI=1S/C16H19NO2/c1-11(12-7-3-2-4-8-12)17-15(18)13-9-5-6-10-14(13)16(17)19/h5-6,9-12H,2-4,7-8H2,1H3/t11-/m0/s1. The minimum absolute atomic E-state index is 0.0210. The highest BCUT2D eigenvalue weighted by Crippen LogP contribution is 2.33. The molecular formula is C16H19NO2. The largest absolute Gasteiger partial charge is 0.271 e. The van der Waals surface area contributed by atoms with E-state index in [1.54, 1.807) is 12.1 Å². The van der Waals surface area contributed by atoms with Gasteiger partial charge in [-0.25, -0.2) is 0 Å². The normalized spacial score (nSPS) is 21.6. The van der Waals surface area contributed by atoms with Gasteiger partial charge < -0.3 is 0 Å². The number of carbonyl (C=O) groups is 2. The zero-order chi connectivity index (χ0) is 13.4. The molecule has 1 aromatic rings. The van der Waals surface area contributed by atoms with Crippen LogP contribution in [0.15, 0.2) is 24.3 Å². The number of nitrogens with zero attached hydrogens (tertiary/aromatic N) is 1. The average Bonchev–Trinajstić information content (AvgIpc) is 2.72. The highest BCUT2D eigenvalue weighted by Gasteiger charge is 2.40. The molecule has 2 aliphatic rings. The first-order chi connectivity index (χ1) is 9.20. The zero-order valence-corrected chi connectivity index (χ0v) is 11.3. The van der Waals surface area contributed by atoms with Crippen LogP contribution in [0.25, 0.3) is 0 Å². The first kappa shape index (κ1) is 12.4. The van der Waals surface area contributed by atoms with Gasteiger partial charge in [0, 0.05) is 6.04 Å². The smallest absolute Gasteiger partial charge is 0.261 e. The molecule has 1 saturated carbocycles. The second-order valence-corrected chi connectivity index (χ2v) is 5.66. The van der Waals surface area contributed by atoms with Crippen molar-refractivity contribution in [3.05, 3.63) is 35.4 Å². The summed E-state index contributed by atoms with van der Waals surface area (Å²) < 4.78 is 0. The summed E-state index contributed by atoms with van der Waals surface area (Å²) in [7, 11) is 0. The van der Waals surface area contributed by atoms with Crippen molar-refractivity contribution in [3.8, 4) is 0 Å². The van der Waals surface area contributed by atoms with Crippen LogP contribution in [0, 0.1) is 5.92 Å². The van der Waals surface area contributed by atoms with Crippen LogP contribution >= 0.6 is 0 Å². The average molecular weight is 257 g/mol. The van der Waals surface area contributed by atoms with Crippen molar-refractivity contribution < 1.29 is 9.59 Å². The molecule has 0 unspecified atom stereocenters. The molecule has 1 atom stereocenters. The van der Waals surface area contributed by atoms with Gasteiger partial charge in [0.25, 0.3) is 11.8 Å². The van der Waals surface area contributed by atoms with Crippen LogP contribution in [0.3, 0.4) is 0 Å². The quantitative estimate of drug-likeness (QED) is 0.763. The lowest BCUT2D eigenvalue weighted by Gasteiger charge is -2.32. The monoisotopic (exact) mass is 257 g/mol. The molecular weight excluding hydrogens is 238 g/mol. The summed E-state index contributed by atoms with van der Waals surface area (Å²) in [6, 6.07) is 7.16. The summed E-state index contributed by atoms with van der Waals surface area (Å²) in [4.78, 5) is 26.3. The number of rotatable bonds is 2. The first-order valence-electron chi connectivity index (χ1n) is 7.17. The molecule has 100 valence electrons. The molecule has 0 spiro atoms. The molecule has 0 saturated heterocycles. The molecule has 0 bridgehead atoms. The summed E-state index contributed by atoms with van der Waals surface area (Å²) in [6.07, 6.45) is 5.99. The van der Waals surface area contributed by atoms with Gasteiger partial charge in [-0.2, -0.15) is 0 Å². The van der Waals surface area contributed by atoms with Crippen molar-refractivity contribution in [3.63, 3.8) is 0 Å². The Morgan fingerprint density at radius 2 is 1.53 bits per heavy atom. The van der Waals surface area contributed by atoms with Crippen LogP contribution < -0.4 is 0 Å². The second kappa shape index (κ2) is 4.80. The van der Waals surface area contributed by atoms with Gasteiger partial charge in [0.15, 0.2) is 0 Å². The Morgan fingerprint density at radius 3 is 2.05 bits per heavy atom. The number of carbonyl (C=O) groups excluding carboxylic acids is 2. The number of hydrogen-bond acceptors (Lipinski definition) is 2. The maximum atomic E-state index is 12.4. The van der Waals surface area contributed by atoms with Crippen molar-refractivity contribution in [2.24, 2.45) is 5.92 Å². The fraction of sp³-hybridized carbons (Fsp3) is 0.500. The van der Waals surface area contributed by atoms with Gasteiger partial charge in [0.1, 0.15) is 0 Å². The third kappa shape index (κ3) is 1.97. The Bertz CT molecular complexity index is 482. The van der Waals surface area contributed by atoms with Gasteiger partial charge in [-0.1, -0.05) is 31.4 Å². The Balaban J connectivity index is 1.87. The van der Waals surface area contributed by atoms with E-state index in [1.807, 2.05) is 19.1 Å². The summed E-state index contributed by atoms with van der Waals surface area (Å²) >= 11 is 0.